The molecule has 2 fully saturated rings. The Morgan fingerprint density at radius 3 is 3.19 bits per heavy atom. The molecule has 2 heterocycles. The third kappa shape index (κ3) is 3.54. The van der Waals surface area contributed by atoms with Gasteiger partial charge in [-0.3, -0.25) is 0 Å². The van der Waals surface area contributed by atoms with Gasteiger partial charge in [-0.25, -0.2) is 4.98 Å². The summed E-state index contributed by atoms with van der Waals surface area (Å²) in [6.45, 7) is 4.22. The highest BCUT2D eigenvalue weighted by atomic mass is 16.5. The lowest BCUT2D eigenvalue weighted by Gasteiger charge is -2.38. The Bertz CT molecular complexity index is 438. The summed E-state index contributed by atoms with van der Waals surface area (Å²) in [5.41, 5.74) is 1.21. The van der Waals surface area contributed by atoms with Crippen molar-refractivity contribution in [2.24, 2.45) is 0 Å². The molecule has 1 saturated carbocycles. The standard InChI is InChI=1S/C16H25N3O2/c1-20-9-7-17-11-13-5-6-16(18-12-13)19-8-10-21-15-4-2-3-14(15)19/h5-6,12,14-15,17H,2-4,7-11H2,1H3. The van der Waals surface area contributed by atoms with Gasteiger partial charge in [0.25, 0.3) is 0 Å². The highest BCUT2D eigenvalue weighted by Gasteiger charge is 2.36. The second kappa shape index (κ2) is 7.20. The van der Waals surface area contributed by atoms with Crippen molar-refractivity contribution in [3.8, 4) is 0 Å². The number of nitrogens with zero attached hydrogens (tertiary/aromatic N) is 2. The first-order chi connectivity index (χ1) is 10.4. The molecule has 2 aliphatic rings. The van der Waals surface area contributed by atoms with Crippen LogP contribution in [-0.4, -0.2) is 50.5 Å². The van der Waals surface area contributed by atoms with Crippen LogP contribution in [0, 0.1) is 0 Å². The topological polar surface area (TPSA) is 46.6 Å². The number of methoxy groups -OCH3 is 1. The molecule has 0 bridgehead atoms. The molecule has 0 aromatic carbocycles. The molecule has 116 valence electrons. The number of hydrogen-bond donors (Lipinski definition) is 1. The number of rotatable bonds is 6. The van der Waals surface area contributed by atoms with Crippen LogP contribution in [0.4, 0.5) is 5.82 Å². The zero-order chi connectivity index (χ0) is 14.5. The van der Waals surface area contributed by atoms with Crippen LogP contribution in [-0.2, 0) is 16.0 Å². The third-order valence-electron chi connectivity index (χ3n) is 4.40. The van der Waals surface area contributed by atoms with Gasteiger partial charge >= 0.3 is 0 Å². The molecule has 5 heteroatoms. The summed E-state index contributed by atoms with van der Waals surface area (Å²) in [5, 5.41) is 3.34. The monoisotopic (exact) mass is 291 g/mol. The van der Waals surface area contributed by atoms with Crippen molar-refractivity contribution < 1.29 is 9.47 Å². The Hall–Kier alpha value is -1.17. The van der Waals surface area contributed by atoms with E-state index < -0.39 is 0 Å². The molecule has 2 atom stereocenters. The van der Waals surface area contributed by atoms with E-state index in [-0.39, 0.29) is 0 Å². The minimum atomic E-state index is 0.413. The Kier molecular flexibility index (Phi) is 5.06. The zero-order valence-corrected chi connectivity index (χ0v) is 12.8. The lowest BCUT2D eigenvalue weighted by Crippen LogP contribution is -2.49. The van der Waals surface area contributed by atoms with Crippen LogP contribution in [0.25, 0.3) is 0 Å². The summed E-state index contributed by atoms with van der Waals surface area (Å²) in [6, 6.07) is 4.84. The quantitative estimate of drug-likeness (QED) is 0.806. The van der Waals surface area contributed by atoms with E-state index in [4.69, 9.17) is 9.47 Å². The number of pyridine rings is 1. The molecule has 5 nitrogen and oxygen atoms in total. The van der Waals surface area contributed by atoms with Gasteiger partial charge in [0.1, 0.15) is 5.82 Å². The second-order valence-corrected chi connectivity index (χ2v) is 5.80. The highest BCUT2D eigenvalue weighted by Crippen LogP contribution is 2.32. The summed E-state index contributed by atoms with van der Waals surface area (Å²) in [6.07, 6.45) is 6.09. The summed E-state index contributed by atoms with van der Waals surface area (Å²) in [5.74, 6) is 1.09. The van der Waals surface area contributed by atoms with Gasteiger partial charge in [-0.05, 0) is 30.9 Å². The van der Waals surface area contributed by atoms with E-state index in [2.05, 4.69) is 27.3 Å². The fourth-order valence-corrected chi connectivity index (χ4v) is 3.31. The molecule has 1 aliphatic carbocycles. The van der Waals surface area contributed by atoms with Crippen molar-refractivity contribution in [1.29, 1.82) is 0 Å². The van der Waals surface area contributed by atoms with Crippen molar-refractivity contribution in [3.63, 3.8) is 0 Å². The fourth-order valence-electron chi connectivity index (χ4n) is 3.31. The number of fused-ring (bicyclic) bond motifs is 1. The summed E-state index contributed by atoms with van der Waals surface area (Å²) >= 11 is 0. The Labute approximate surface area is 126 Å². The molecule has 0 amide bonds. The summed E-state index contributed by atoms with van der Waals surface area (Å²) in [7, 11) is 1.72. The van der Waals surface area contributed by atoms with E-state index in [0.717, 1.165) is 38.7 Å². The van der Waals surface area contributed by atoms with Gasteiger partial charge in [0, 0.05) is 32.9 Å². The molecule has 1 aliphatic heterocycles. The lowest BCUT2D eigenvalue weighted by molar-refractivity contribution is 0.0253. The predicted octanol–water partition coefficient (Wildman–Crippen LogP) is 1.58. The number of morpholine rings is 1. The van der Waals surface area contributed by atoms with Gasteiger partial charge in [0.05, 0.1) is 25.4 Å². The van der Waals surface area contributed by atoms with Gasteiger partial charge in [-0.2, -0.15) is 0 Å². The van der Waals surface area contributed by atoms with Crippen LogP contribution >= 0.6 is 0 Å². The van der Waals surface area contributed by atoms with Gasteiger partial charge in [0.2, 0.25) is 0 Å². The third-order valence-corrected chi connectivity index (χ3v) is 4.40. The molecule has 21 heavy (non-hydrogen) atoms. The maximum Gasteiger partial charge on any atom is 0.128 e. The Balaban J connectivity index is 1.58. The van der Waals surface area contributed by atoms with Crippen LogP contribution in [0.1, 0.15) is 24.8 Å². The molecule has 1 N–H and O–H groups in total. The maximum atomic E-state index is 5.86. The van der Waals surface area contributed by atoms with Gasteiger partial charge < -0.3 is 19.7 Å². The smallest absolute Gasteiger partial charge is 0.128 e. The molecule has 1 aromatic heterocycles. The van der Waals surface area contributed by atoms with Crippen molar-refractivity contribution in [3.05, 3.63) is 23.9 Å². The lowest BCUT2D eigenvalue weighted by atomic mass is 10.1. The molecule has 1 aromatic rings. The number of hydrogen-bond acceptors (Lipinski definition) is 5. The molecule has 3 rings (SSSR count). The maximum absolute atomic E-state index is 5.86. The van der Waals surface area contributed by atoms with E-state index in [0.29, 0.717) is 12.1 Å². The van der Waals surface area contributed by atoms with Gasteiger partial charge in [-0.15, -0.1) is 0 Å². The van der Waals surface area contributed by atoms with E-state index in [9.17, 15) is 0 Å². The van der Waals surface area contributed by atoms with Crippen molar-refractivity contribution in [2.45, 2.75) is 38.0 Å². The average molecular weight is 291 g/mol. The van der Waals surface area contributed by atoms with Crippen LogP contribution in [0.15, 0.2) is 18.3 Å². The molecule has 2 unspecified atom stereocenters. The normalized spacial score (nSPS) is 25.1. The molecular formula is C16H25N3O2. The van der Waals surface area contributed by atoms with E-state index in [1.807, 2.05) is 6.20 Å². The van der Waals surface area contributed by atoms with E-state index in [1.54, 1.807) is 7.11 Å². The first kappa shape index (κ1) is 14.8. The van der Waals surface area contributed by atoms with Crippen molar-refractivity contribution in [1.82, 2.24) is 10.3 Å². The fraction of sp³-hybridized carbons (Fsp3) is 0.688. The van der Waals surface area contributed by atoms with E-state index >= 15 is 0 Å². The van der Waals surface area contributed by atoms with Crippen LogP contribution < -0.4 is 10.2 Å². The number of nitrogens with one attached hydrogen (secondary N) is 1. The Morgan fingerprint density at radius 1 is 1.43 bits per heavy atom. The molecule has 0 radical (unpaired) electrons. The van der Waals surface area contributed by atoms with Crippen molar-refractivity contribution in [2.75, 3.05) is 38.3 Å². The molecule has 0 spiro atoms. The average Bonchev–Trinajstić information content (AvgIpc) is 3.01. The van der Waals surface area contributed by atoms with Gasteiger partial charge in [-0.1, -0.05) is 6.07 Å². The SMILES string of the molecule is COCCNCc1ccc(N2CCOC3CCCC32)nc1. The van der Waals surface area contributed by atoms with E-state index in [1.165, 1.54) is 24.8 Å². The van der Waals surface area contributed by atoms with Crippen molar-refractivity contribution >= 4 is 5.82 Å². The summed E-state index contributed by atoms with van der Waals surface area (Å²) in [4.78, 5) is 7.09. The van der Waals surface area contributed by atoms with Crippen LogP contribution in [0.5, 0.6) is 0 Å². The van der Waals surface area contributed by atoms with Crippen LogP contribution in [0.3, 0.4) is 0 Å². The molecule has 1 saturated heterocycles. The first-order valence-electron chi connectivity index (χ1n) is 7.91. The minimum Gasteiger partial charge on any atom is -0.383 e. The number of ether oxygens (including phenoxy) is 2. The minimum absolute atomic E-state index is 0.413. The predicted molar refractivity (Wildman–Crippen MR) is 82.5 cm³/mol. The molecular weight excluding hydrogens is 266 g/mol. The zero-order valence-electron chi connectivity index (χ0n) is 12.8. The van der Waals surface area contributed by atoms with Gasteiger partial charge in [0.15, 0.2) is 0 Å². The first-order valence-corrected chi connectivity index (χ1v) is 7.91. The second-order valence-electron chi connectivity index (χ2n) is 5.80. The number of anilines is 1. The summed E-state index contributed by atoms with van der Waals surface area (Å²) < 4.78 is 10.9. The Morgan fingerprint density at radius 2 is 2.38 bits per heavy atom. The largest absolute Gasteiger partial charge is 0.383 e. The van der Waals surface area contributed by atoms with Crippen LogP contribution in [0.2, 0.25) is 0 Å². The number of aromatic nitrogens is 1. The highest BCUT2D eigenvalue weighted by molar-refractivity contribution is 5.42.